The molecule has 3 N–H and O–H groups in total. The van der Waals surface area contributed by atoms with Crippen molar-refractivity contribution in [3.8, 4) is 0 Å². The Hall–Kier alpha value is -1.60. The van der Waals surface area contributed by atoms with Crippen LogP contribution in [0, 0.1) is 0 Å². The van der Waals surface area contributed by atoms with Gasteiger partial charge in [0.15, 0.2) is 0 Å². The molecule has 0 bridgehead atoms. The predicted molar refractivity (Wildman–Crippen MR) is 76.9 cm³/mol. The van der Waals surface area contributed by atoms with E-state index in [0.717, 1.165) is 25.7 Å². The molecule has 0 spiro atoms. The summed E-state index contributed by atoms with van der Waals surface area (Å²) < 4.78 is 23.0. The molecule has 1 saturated heterocycles. The molecule has 1 heterocycles. The Kier molecular flexibility index (Phi) is 4.61. The van der Waals surface area contributed by atoms with E-state index in [1.54, 1.807) is 17.0 Å². The van der Waals surface area contributed by atoms with E-state index >= 15 is 0 Å². The number of nitrogens with zero attached hydrogens (tertiary/aromatic N) is 1. The number of sulfonamides is 1. The van der Waals surface area contributed by atoms with Crippen LogP contribution in [0.4, 0.5) is 10.5 Å². The number of para-hydroxylation sites is 1. The van der Waals surface area contributed by atoms with Crippen molar-refractivity contribution < 1.29 is 13.2 Å². The first kappa shape index (κ1) is 14.8. The van der Waals surface area contributed by atoms with Crippen LogP contribution >= 0.6 is 0 Å². The molecule has 0 aliphatic carbocycles. The Balaban J connectivity index is 2.15. The Morgan fingerprint density at radius 3 is 2.30 bits per heavy atom. The van der Waals surface area contributed by atoms with Crippen LogP contribution in [0.2, 0.25) is 0 Å². The van der Waals surface area contributed by atoms with Crippen LogP contribution in [0.25, 0.3) is 0 Å². The van der Waals surface area contributed by atoms with Crippen molar-refractivity contribution in [2.75, 3.05) is 18.4 Å². The molecule has 7 heteroatoms. The van der Waals surface area contributed by atoms with Gasteiger partial charge in [-0.3, -0.25) is 0 Å². The van der Waals surface area contributed by atoms with Crippen molar-refractivity contribution in [3.05, 3.63) is 24.3 Å². The monoisotopic (exact) mass is 297 g/mol. The van der Waals surface area contributed by atoms with Gasteiger partial charge in [-0.15, -0.1) is 0 Å². The molecule has 20 heavy (non-hydrogen) atoms. The number of nitrogens with one attached hydrogen (secondary N) is 1. The molecule has 2 amide bonds. The number of nitrogens with two attached hydrogens (primary N) is 1. The van der Waals surface area contributed by atoms with Gasteiger partial charge in [0, 0.05) is 13.1 Å². The first-order valence-corrected chi connectivity index (χ1v) is 8.21. The number of benzene rings is 1. The molecule has 110 valence electrons. The molecule has 0 aromatic heterocycles. The Bertz CT molecular complexity index is 578. The summed E-state index contributed by atoms with van der Waals surface area (Å²) >= 11 is 0. The van der Waals surface area contributed by atoms with Gasteiger partial charge in [-0.2, -0.15) is 0 Å². The summed E-state index contributed by atoms with van der Waals surface area (Å²) in [4.78, 5) is 13.8. The van der Waals surface area contributed by atoms with Crippen LogP contribution in [0.5, 0.6) is 0 Å². The number of primary sulfonamides is 1. The minimum absolute atomic E-state index is 0.0665. The van der Waals surface area contributed by atoms with E-state index in [0.29, 0.717) is 13.1 Å². The lowest BCUT2D eigenvalue weighted by atomic mass is 10.2. The second kappa shape index (κ2) is 6.23. The normalized spacial score (nSPS) is 16.6. The van der Waals surface area contributed by atoms with Gasteiger partial charge in [0.25, 0.3) is 0 Å². The molecular weight excluding hydrogens is 278 g/mol. The highest BCUT2D eigenvalue weighted by Gasteiger charge is 2.19. The first-order chi connectivity index (χ1) is 9.48. The van der Waals surface area contributed by atoms with E-state index in [1.807, 2.05) is 0 Å². The fourth-order valence-electron chi connectivity index (χ4n) is 2.29. The quantitative estimate of drug-likeness (QED) is 0.870. The van der Waals surface area contributed by atoms with Gasteiger partial charge in [0.05, 0.1) is 5.69 Å². The average Bonchev–Trinajstić information content (AvgIpc) is 2.67. The summed E-state index contributed by atoms with van der Waals surface area (Å²) in [5, 5.41) is 7.79. The Morgan fingerprint density at radius 2 is 1.70 bits per heavy atom. The highest BCUT2D eigenvalue weighted by Crippen LogP contribution is 2.20. The van der Waals surface area contributed by atoms with Gasteiger partial charge in [0.2, 0.25) is 10.0 Å². The zero-order valence-electron chi connectivity index (χ0n) is 11.2. The summed E-state index contributed by atoms with van der Waals surface area (Å²) in [5.41, 5.74) is 0.226. The minimum atomic E-state index is -3.85. The third-order valence-electron chi connectivity index (χ3n) is 3.33. The van der Waals surface area contributed by atoms with Crippen molar-refractivity contribution in [2.45, 2.75) is 30.6 Å². The Labute approximate surface area is 119 Å². The largest absolute Gasteiger partial charge is 0.325 e. The number of hydrogen-bond donors (Lipinski definition) is 2. The summed E-state index contributed by atoms with van der Waals surface area (Å²) in [5.74, 6) is 0. The number of anilines is 1. The molecule has 2 rings (SSSR count). The van der Waals surface area contributed by atoms with Crippen LogP contribution in [-0.2, 0) is 10.0 Å². The lowest BCUT2D eigenvalue weighted by Crippen LogP contribution is -2.36. The van der Waals surface area contributed by atoms with Crippen molar-refractivity contribution in [1.29, 1.82) is 0 Å². The van der Waals surface area contributed by atoms with Crippen LogP contribution in [0.1, 0.15) is 25.7 Å². The predicted octanol–water partition coefficient (Wildman–Crippen LogP) is 1.74. The molecule has 1 aromatic rings. The lowest BCUT2D eigenvalue weighted by molar-refractivity contribution is 0.213. The lowest BCUT2D eigenvalue weighted by Gasteiger charge is -2.21. The fourth-order valence-corrected chi connectivity index (χ4v) is 2.98. The number of urea groups is 1. The van der Waals surface area contributed by atoms with Gasteiger partial charge < -0.3 is 10.2 Å². The number of likely N-dealkylation sites (tertiary alicyclic amines) is 1. The van der Waals surface area contributed by atoms with Gasteiger partial charge in [-0.25, -0.2) is 18.4 Å². The smallest absolute Gasteiger partial charge is 0.321 e. The van der Waals surface area contributed by atoms with E-state index in [9.17, 15) is 13.2 Å². The van der Waals surface area contributed by atoms with Crippen LogP contribution in [-0.4, -0.2) is 32.4 Å². The molecule has 0 radical (unpaired) electrons. The molecule has 0 saturated carbocycles. The third-order valence-corrected chi connectivity index (χ3v) is 4.30. The molecule has 1 aliphatic heterocycles. The maximum Gasteiger partial charge on any atom is 0.321 e. The van der Waals surface area contributed by atoms with E-state index in [1.165, 1.54) is 12.1 Å². The number of amides is 2. The second-order valence-corrected chi connectivity index (χ2v) is 6.40. The van der Waals surface area contributed by atoms with E-state index in [2.05, 4.69) is 5.32 Å². The van der Waals surface area contributed by atoms with Crippen molar-refractivity contribution in [1.82, 2.24) is 4.90 Å². The minimum Gasteiger partial charge on any atom is -0.325 e. The molecule has 1 aliphatic rings. The highest BCUT2D eigenvalue weighted by atomic mass is 32.2. The zero-order valence-corrected chi connectivity index (χ0v) is 12.0. The molecule has 1 fully saturated rings. The van der Waals surface area contributed by atoms with E-state index < -0.39 is 10.0 Å². The summed E-state index contributed by atoms with van der Waals surface area (Å²) in [6.45, 7) is 1.40. The molecule has 1 aromatic carbocycles. The average molecular weight is 297 g/mol. The van der Waals surface area contributed by atoms with Gasteiger partial charge in [-0.05, 0) is 25.0 Å². The maximum absolute atomic E-state index is 12.2. The molecule has 6 nitrogen and oxygen atoms in total. The van der Waals surface area contributed by atoms with Crippen molar-refractivity contribution >= 4 is 21.7 Å². The Morgan fingerprint density at radius 1 is 1.10 bits per heavy atom. The molecule has 0 unspecified atom stereocenters. The highest BCUT2D eigenvalue weighted by molar-refractivity contribution is 7.89. The third kappa shape index (κ3) is 3.71. The fraction of sp³-hybridized carbons (Fsp3) is 0.462. The molecular formula is C13H19N3O3S. The first-order valence-electron chi connectivity index (χ1n) is 6.66. The summed E-state index contributed by atoms with van der Waals surface area (Å²) in [6.07, 6.45) is 4.20. The standard InChI is InChI=1S/C13H19N3O3S/c14-20(18,19)12-8-4-3-7-11(12)15-13(17)16-9-5-1-2-6-10-16/h3-4,7-8H,1-2,5-6,9-10H2,(H,15,17)(H2,14,18,19). The summed E-state index contributed by atoms with van der Waals surface area (Å²) in [7, 11) is -3.85. The van der Waals surface area contributed by atoms with Crippen LogP contribution < -0.4 is 10.5 Å². The van der Waals surface area contributed by atoms with Gasteiger partial charge in [0.1, 0.15) is 4.90 Å². The second-order valence-electron chi connectivity index (χ2n) is 4.87. The number of hydrogen-bond acceptors (Lipinski definition) is 3. The van der Waals surface area contributed by atoms with Crippen LogP contribution in [0.3, 0.4) is 0 Å². The number of carbonyl (C=O) groups excluding carboxylic acids is 1. The van der Waals surface area contributed by atoms with Crippen molar-refractivity contribution in [2.24, 2.45) is 5.14 Å². The SMILES string of the molecule is NS(=O)(=O)c1ccccc1NC(=O)N1CCCCCC1. The zero-order chi connectivity index (χ0) is 14.6. The van der Waals surface area contributed by atoms with E-state index in [-0.39, 0.29) is 16.6 Å². The number of carbonyl (C=O) groups is 1. The summed E-state index contributed by atoms with van der Waals surface area (Å²) in [6, 6.07) is 5.87. The van der Waals surface area contributed by atoms with Crippen molar-refractivity contribution in [3.63, 3.8) is 0 Å². The maximum atomic E-state index is 12.2. The van der Waals surface area contributed by atoms with E-state index in [4.69, 9.17) is 5.14 Å². The number of rotatable bonds is 2. The molecule has 0 atom stereocenters. The van der Waals surface area contributed by atoms with Gasteiger partial charge in [-0.1, -0.05) is 25.0 Å². The topological polar surface area (TPSA) is 92.5 Å². The van der Waals surface area contributed by atoms with Crippen LogP contribution in [0.15, 0.2) is 29.2 Å². The van der Waals surface area contributed by atoms with Gasteiger partial charge >= 0.3 is 6.03 Å².